The molecule has 0 heterocycles. The van der Waals surface area contributed by atoms with E-state index in [9.17, 15) is 34.7 Å². The van der Waals surface area contributed by atoms with Gasteiger partial charge in [0, 0.05) is 64.2 Å². The lowest BCUT2D eigenvalue weighted by Gasteiger charge is -2.21. The van der Waals surface area contributed by atoms with Gasteiger partial charge in [0.1, 0.15) is 5.82 Å². The molecule has 0 bridgehead atoms. The average Bonchev–Trinajstić information content (AvgIpc) is 2.93. The summed E-state index contributed by atoms with van der Waals surface area (Å²) in [5.41, 5.74) is -2.50. The van der Waals surface area contributed by atoms with Crippen molar-refractivity contribution in [2.45, 2.75) is 13.3 Å². The molecule has 1 aliphatic rings. The average molecular weight is 570 g/mol. The van der Waals surface area contributed by atoms with Crippen molar-refractivity contribution in [3.8, 4) is 0 Å². The zero-order valence-electron chi connectivity index (χ0n) is 20.5. The summed E-state index contributed by atoms with van der Waals surface area (Å²) in [5.74, 6) is -4.12. The molecule has 3 aromatic carbocycles. The van der Waals surface area contributed by atoms with Crippen molar-refractivity contribution in [2.24, 2.45) is 0 Å². The number of anilines is 2. The number of nitro groups is 3. The number of halogens is 3. The number of hydrogen-bond acceptors (Lipinski definition) is 7. The first kappa shape index (κ1) is 28.1. The molecule has 1 unspecified atom stereocenters. The van der Waals surface area contributed by atoms with E-state index in [0.717, 1.165) is 18.2 Å². The third-order valence-corrected chi connectivity index (χ3v) is 6.86. The van der Waals surface area contributed by atoms with Crippen LogP contribution in [0.15, 0.2) is 72.0 Å². The molecule has 4 rings (SSSR count). The summed E-state index contributed by atoms with van der Waals surface area (Å²) in [4.78, 5) is 32.1. The number of non-ortho nitro benzene ring substituents is 2. The van der Waals surface area contributed by atoms with Crippen LogP contribution in [0.1, 0.15) is 23.1 Å². The van der Waals surface area contributed by atoms with Gasteiger partial charge in [0.05, 0.1) is 20.3 Å². The van der Waals surface area contributed by atoms with Crippen LogP contribution in [0.4, 0.5) is 35.9 Å². The standard InChI is InChI=1S/C26H18F3N4O6P/c1-13-23(27)24(28)22(25(29)26(13)40)21(14-3-2-4-17(11-14)32(36)37)19-12-18(33(38)39)9-10-20(19)30-15-5-7-16(8-6-15)31(34)35/h2,4-12,30H,3,40H2,1H3/b21-14-. The van der Waals surface area contributed by atoms with E-state index < -0.39 is 49.2 Å². The van der Waals surface area contributed by atoms with Gasteiger partial charge in [0.2, 0.25) is 0 Å². The van der Waals surface area contributed by atoms with E-state index in [0.29, 0.717) is 0 Å². The second kappa shape index (κ2) is 11.1. The zero-order valence-corrected chi connectivity index (χ0v) is 21.6. The molecule has 10 nitrogen and oxygen atoms in total. The van der Waals surface area contributed by atoms with E-state index >= 15 is 8.78 Å². The zero-order chi connectivity index (χ0) is 29.3. The van der Waals surface area contributed by atoms with E-state index in [1.54, 1.807) is 0 Å². The monoisotopic (exact) mass is 570 g/mol. The Balaban J connectivity index is 2.08. The summed E-state index contributed by atoms with van der Waals surface area (Å²) < 4.78 is 46.2. The second-order valence-electron chi connectivity index (χ2n) is 8.60. The summed E-state index contributed by atoms with van der Waals surface area (Å²) in [7, 11) is 1.99. The van der Waals surface area contributed by atoms with Gasteiger partial charge in [-0.2, -0.15) is 0 Å². The Hall–Kier alpha value is -4.90. The Morgan fingerprint density at radius 3 is 2.10 bits per heavy atom. The topological polar surface area (TPSA) is 141 Å². The molecule has 0 saturated heterocycles. The van der Waals surface area contributed by atoms with E-state index in [4.69, 9.17) is 0 Å². The molecule has 1 aliphatic carbocycles. The Kier molecular flexibility index (Phi) is 7.78. The van der Waals surface area contributed by atoms with Gasteiger partial charge in [0.15, 0.2) is 11.6 Å². The highest BCUT2D eigenvalue weighted by atomic mass is 31.0. The maximum Gasteiger partial charge on any atom is 0.270 e. The van der Waals surface area contributed by atoms with Crippen LogP contribution in [0.3, 0.4) is 0 Å². The number of nitrogens with one attached hydrogen (secondary N) is 1. The number of allylic oxidation sites excluding steroid dienone is 4. The largest absolute Gasteiger partial charge is 0.355 e. The van der Waals surface area contributed by atoms with Gasteiger partial charge in [-0.05, 0) is 42.7 Å². The highest BCUT2D eigenvalue weighted by Gasteiger charge is 2.29. The van der Waals surface area contributed by atoms with Gasteiger partial charge in [-0.3, -0.25) is 30.3 Å². The molecule has 0 radical (unpaired) electrons. The fourth-order valence-electron chi connectivity index (χ4n) is 4.14. The highest BCUT2D eigenvalue weighted by Crippen LogP contribution is 2.41. The molecule has 40 heavy (non-hydrogen) atoms. The van der Waals surface area contributed by atoms with Crippen molar-refractivity contribution in [1.82, 2.24) is 0 Å². The molecule has 1 N–H and O–H groups in total. The van der Waals surface area contributed by atoms with Crippen LogP contribution in [0.2, 0.25) is 0 Å². The number of hydrogen-bond donors (Lipinski definition) is 1. The Morgan fingerprint density at radius 1 is 0.875 bits per heavy atom. The predicted octanol–water partition coefficient (Wildman–Crippen LogP) is 6.40. The van der Waals surface area contributed by atoms with Gasteiger partial charge in [-0.1, -0.05) is 6.08 Å². The van der Waals surface area contributed by atoms with Crippen molar-refractivity contribution in [3.05, 3.63) is 136 Å². The van der Waals surface area contributed by atoms with E-state index in [-0.39, 0.29) is 51.1 Å². The number of nitro benzene ring substituents is 2. The van der Waals surface area contributed by atoms with Crippen molar-refractivity contribution in [1.29, 1.82) is 0 Å². The molecular weight excluding hydrogens is 552 g/mol. The van der Waals surface area contributed by atoms with Crippen molar-refractivity contribution >= 4 is 42.9 Å². The Morgan fingerprint density at radius 2 is 1.50 bits per heavy atom. The first-order valence-electron chi connectivity index (χ1n) is 11.4. The number of benzene rings is 3. The van der Waals surface area contributed by atoms with Crippen molar-refractivity contribution in [3.63, 3.8) is 0 Å². The van der Waals surface area contributed by atoms with Crippen LogP contribution in [0, 0.1) is 54.7 Å². The van der Waals surface area contributed by atoms with Crippen LogP contribution in [-0.2, 0) is 0 Å². The van der Waals surface area contributed by atoms with Crippen LogP contribution < -0.4 is 10.6 Å². The molecule has 0 fully saturated rings. The Bertz CT molecular complexity index is 1660. The van der Waals surface area contributed by atoms with Crippen LogP contribution in [0.25, 0.3) is 5.57 Å². The minimum atomic E-state index is -1.58. The summed E-state index contributed by atoms with van der Waals surface area (Å²) in [6.07, 6.45) is 3.54. The molecule has 14 heteroatoms. The summed E-state index contributed by atoms with van der Waals surface area (Å²) >= 11 is 0. The summed E-state index contributed by atoms with van der Waals surface area (Å²) in [6.45, 7) is 1.17. The fourth-order valence-corrected chi connectivity index (χ4v) is 4.41. The van der Waals surface area contributed by atoms with Gasteiger partial charge in [-0.25, -0.2) is 13.2 Å². The maximum atomic E-state index is 15.7. The van der Waals surface area contributed by atoms with E-state index in [2.05, 4.69) is 5.32 Å². The van der Waals surface area contributed by atoms with Crippen LogP contribution >= 0.6 is 9.24 Å². The van der Waals surface area contributed by atoms with E-state index in [1.807, 2.05) is 9.24 Å². The first-order chi connectivity index (χ1) is 18.9. The second-order valence-corrected chi connectivity index (χ2v) is 9.18. The number of nitrogens with zero attached hydrogens (tertiary/aromatic N) is 3. The number of rotatable bonds is 7. The minimum absolute atomic E-state index is 0.00750. The van der Waals surface area contributed by atoms with E-state index in [1.165, 1.54) is 49.4 Å². The normalized spacial score (nSPS) is 14.0. The minimum Gasteiger partial charge on any atom is -0.355 e. The van der Waals surface area contributed by atoms with Gasteiger partial charge in [-0.15, -0.1) is 9.24 Å². The van der Waals surface area contributed by atoms with Crippen molar-refractivity contribution in [2.75, 3.05) is 5.32 Å². The quantitative estimate of drug-likeness (QED) is 0.150. The fraction of sp³-hybridized carbons (Fsp3) is 0.0769. The Labute approximate surface area is 226 Å². The van der Waals surface area contributed by atoms with Gasteiger partial charge < -0.3 is 5.32 Å². The lowest BCUT2D eigenvalue weighted by Crippen LogP contribution is -2.16. The van der Waals surface area contributed by atoms with Crippen LogP contribution in [-0.4, -0.2) is 14.8 Å². The molecule has 3 aromatic rings. The molecule has 0 amide bonds. The van der Waals surface area contributed by atoms with Crippen molar-refractivity contribution < 1.29 is 27.9 Å². The third-order valence-electron chi connectivity index (χ3n) is 6.17. The molecule has 0 spiro atoms. The molecule has 0 saturated carbocycles. The maximum absolute atomic E-state index is 15.7. The third kappa shape index (κ3) is 5.32. The molecule has 0 aliphatic heterocycles. The molecule has 1 atom stereocenters. The highest BCUT2D eigenvalue weighted by molar-refractivity contribution is 7.27. The predicted molar refractivity (Wildman–Crippen MR) is 145 cm³/mol. The smallest absolute Gasteiger partial charge is 0.270 e. The lowest BCUT2D eigenvalue weighted by atomic mass is 9.87. The van der Waals surface area contributed by atoms with Gasteiger partial charge >= 0.3 is 0 Å². The first-order valence-corrected chi connectivity index (χ1v) is 12.0. The SMILES string of the molecule is Cc1c(F)c(F)c(/C(=C2\C=C([N+](=O)[O-])C=CC2)c2cc([N+](=O)[O-])ccc2Nc2ccc([N+](=O)[O-])cc2)c(F)c1P. The lowest BCUT2D eigenvalue weighted by molar-refractivity contribution is -0.419. The molecular formula is C26H18F3N4O6P. The molecule has 0 aromatic heterocycles. The summed E-state index contributed by atoms with van der Waals surface area (Å²) in [5, 5.41) is 36.8. The summed E-state index contributed by atoms with van der Waals surface area (Å²) in [6, 6.07) is 8.44. The molecule has 204 valence electrons. The van der Waals surface area contributed by atoms with Gasteiger partial charge in [0.25, 0.3) is 17.1 Å². The van der Waals surface area contributed by atoms with Crippen LogP contribution in [0.5, 0.6) is 0 Å².